The summed E-state index contributed by atoms with van der Waals surface area (Å²) in [5.74, 6) is 0.897. The monoisotopic (exact) mass is 298 g/mol. The third-order valence-electron chi connectivity index (χ3n) is 3.23. The van der Waals surface area contributed by atoms with E-state index >= 15 is 0 Å². The Morgan fingerprint density at radius 3 is 2.75 bits per heavy atom. The molecule has 1 fully saturated rings. The van der Waals surface area contributed by atoms with Crippen LogP contribution in [-0.2, 0) is 20.8 Å². The Balaban J connectivity index is 1.90. The smallest absolute Gasteiger partial charge is 0.184 e. The third kappa shape index (κ3) is 4.20. The van der Waals surface area contributed by atoms with Crippen LogP contribution in [0.25, 0.3) is 0 Å². The minimum atomic E-state index is -0.521. The Morgan fingerprint density at radius 1 is 1.35 bits per heavy atom. The molecule has 0 spiro atoms. The van der Waals surface area contributed by atoms with Crippen LogP contribution in [0.4, 0.5) is 0 Å². The summed E-state index contributed by atoms with van der Waals surface area (Å²) in [4.78, 5) is 0. The topological polar surface area (TPSA) is 47.9 Å². The molecule has 1 aliphatic heterocycles. The fourth-order valence-corrected chi connectivity index (χ4v) is 3.07. The van der Waals surface area contributed by atoms with Gasteiger partial charge in [0.2, 0.25) is 0 Å². The number of aliphatic hydroxyl groups excluding tert-OH is 1. The molecule has 4 atom stereocenters. The maximum absolute atomic E-state index is 10.1. The van der Waals surface area contributed by atoms with Crippen molar-refractivity contribution < 1.29 is 19.3 Å². The van der Waals surface area contributed by atoms with Gasteiger partial charge in [-0.05, 0) is 11.3 Å². The Morgan fingerprint density at radius 2 is 2.10 bits per heavy atom. The summed E-state index contributed by atoms with van der Waals surface area (Å²) in [5, 5.41) is 10.1. The molecule has 1 N–H and O–H groups in total. The summed E-state index contributed by atoms with van der Waals surface area (Å²) in [5.41, 5.74) is 0.864. The van der Waals surface area contributed by atoms with Crippen molar-refractivity contribution in [3.05, 3.63) is 35.9 Å². The highest BCUT2D eigenvalue weighted by molar-refractivity contribution is 7.99. The van der Waals surface area contributed by atoms with Gasteiger partial charge in [-0.1, -0.05) is 37.3 Å². The van der Waals surface area contributed by atoms with Crippen LogP contribution >= 0.6 is 11.8 Å². The Hall–Kier alpha value is -0.590. The molecule has 1 heterocycles. The summed E-state index contributed by atoms with van der Waals surface area (Å²) < 4.78 is 17.0. The van der Waals surface area contributed by atoms with Crippen LogP contribution in [0.2, 0.25) is 0 Å². The molecule has 0 aromatic heterocycles. The number of hydrogen-bond acceptors (Lipinski definition) is 5. The number of methoxy groups -OCH3 is 1. The van der Waals surface area contributed by atoms with Crippen LogP contribution in [-0.4, -0.2) is 41.9 Å². The molecular weight excluding hydrogens is 276 g/mol. The van der Waals surface area contributed by atoms with E-state index in [1.165, 1.54) is 0 Å². The zero-order valence-electron chi connectivity index (χ0n) is 11.9. The van der Waals surface area contributed by atoms with Crippen molar-refractivity contribution >= 4 is 11.8 Å². The van der Waals surface area contributed by atoms with Crippen LogP contribution in [0.1, 0.15) is 18.9 Å². The molecule has 2 rings (SSSR count). The number of aliphatic hydroxyl groups is 1. The van der Waals surface area contributed by atoms with Crippen molar-refractivity contribution in [1.29, 1.82) is 0 Å². The minimum absolute atomic E-state index is 0.235. The van der Waals surface area contributed by atoms with Gasteiger partial charge in [0.15, 0.2) is 6.29 Å². The summed E-state index contributed by atoms with van der Waals surface area (Å²) >= 11 is 1.59. The van der Waals surface area contributed by atoms with E-state index in [1.807, 2.05) is 37.3 Å². The molecule has 1 aromatic carbocycles. The average molecular weight is 298 g/mol. The van der Waals surface area contributed by atoms with Crippen molar-refractivity contribution in [3.8, 4) is 0 Å². The fraction of sp³-hybridized carbons (Fsp3) is 0.600. The van der Waals surface area contributed by atoms with E-state index in [-0.39, 0.29) is 11.5 Å². The molecule has 1 aliphatic rings. The van der Waals surface area contributed by atoms with E-state index < -0.39 is 12.4 Å². The fourth-order valence-electron chi connectivity index (χ4n) is 2.22. The quantitative estimate of drug-likeness (QED) is 0.874. The summed E-state index contributed by atoms with van der Waals surface area (Å²) in [6, 6.07) is 9.95. The molecule has 0 bridgehead atoms. The van der Waals surface area contributed by atoms with Gasteiger partial charge in [0, 0.05) is 13.5 Å². The minimum Gasteiger partial charge on any atom is -0.389 e. The third-order valence-corrected chi connectivity index (χ3v) is 4.32. The van der Waals surface area contributed by atoms with Gasteiger partial charge in [-0.3, -0.25) is 0 Å². The average Bonchev–Trinajstić information content (AvgIpc) is 2.48. The highest BCUT2D eigenvalue weighted by atomic mass is 32.2. The summed E-state index contributed by atoms with van der Waals surface area (Å²) in [7, 11) is 1.61. The van der Waals surface area contributed by atoms with E-state index in [2.05, 4.69) is 0 Å². The molecule has 0 aliphatic carbocycles. The van der Waals surface area contributed by atoms with Crippen LogP contribution in [0.15, 0.2) is 30.3 Å². The standard InChI is InChI=1S/C15H22O4S/c1-3-20-15-12(16)9-13(14(17-2)19-15)18-10-11-7-5-4-6-8-11/h4-8,12-16H,3,9-10H2,1-2H3/t12-,13-,14-,15+/m1/s1. The maximum atomic E-state index is 10.1. The molecule has 0 unspecified atom stereocenters. The molecule has 20 heavy (non-hydrogen) atoms. The summed E-state index contributed by atoms with van der Waals surface area (Å²) in [6.07, 6.45) is -0.662. The zero-order valence-corrected chi connectivity index (χ0v) is 12.7. The summed E-state index contributed by atoms with van der Waals surface area (Å²) in [6.45, 7) is 2.54. The maximum Gasteiger partial charge on any atom is 0.184 e. The van der Waals surface area contributed by atoms with Gasteiger partial charge < -0.3 is 19.3 Å². The lowest BCUT2D eigenvalue weighted by molar-refractivity contribution is -0.249. The van der Waals surface area contributed by atoms with Gasteiger partial charge in [0.05, 0.1) is 12.7 Å². The van der Waals surface area contributed by atoms with Crippen molar-refractivity contribution in [2.45, 2.75) is 43.9 Å². The van der Waals surface area contributed by atoms with Gasteiger partial charge >= 0.3 is 0 Å². The molecule has 0 saturated carbocycles. The zero-order chi connectivity index (χ0) is 14.4. The first-order valence-electron chi connectivity index (χ1n) is 6.88. The normalized spacial score (nSPS) is 30.4. The van der Waals surface area contributed by atoms with Crippen LogP contribution in [0, 0.1) is 0 Å². The second-order valence-electron chi connectivity index (χ2n) is 4.70. The van der Waals surface area contributed by atoms with Gasteiger partial charge in [0.1, 0.15) is 11.5 Å². The second kappa shape index (κ2) is 8.00. The predicted molar refractivity (Wildman–Crippen MR) is 79.4 cm³/mol. The van der Waals surface area contributed by atoms with Crippen LogP contribution in [0.3, 0.4) is 0 Å². The first kappa shape index (κ1) is 15.8. The predicted octanol–water partition coefficient (Wildman–Crippen LogP) is 2.40. The largest absolute Gasteiger partial charge is 0.389 e. The van der Waals surface area contributed by atoms with Crippen LogP contribution in [0.5, 0.6) is 0 Å². The van der Waals surface area contributed by atoms with E-state index in [1.54, 1.807) is 18.9 Å². The molecule has 5 heteroatoms. The van der Waals surface area contributed by atoms with E-state index in [0.29, 0.717) is 13.0 Å². The lowest BCUT2D eigenvalue weighted by Gasteiger charge is -2.38. The van der Waals surface area contributed by atoms with Gasteiger partial charge in [0.25, 0.3) is 0 Å². The number of hydrogen-bond donors (Lipinski definition) is 1. The first-order chi connectivity index (χ1) is 9.74. The number of benzene rings is 1. The Labute approximate surface area is 124 Å². The van der Waals surface area contributed by atoms with Crippen molar-refractivity contribution in [2.75, 3.05) is 12.9 Å². The van der Waals surface area contributed by atoms with Crippen LogP contribution < -0.4 is 0 Å². The highest BCUT2D eigenvalue weighted by Crippen LogP contribution is 2.30. The van der Waals surface area contributed by atoms with Gasteiger partial charge in [-0.25, -0.2) is 0 Å². The lowest BCUT2D eigenvalue weighted by Crippen LogP contribution is -2.47. The molecule has 0 radical (unpaired) electrons. The second-order valence-corrected chi connectivity index (χ2v) is 6.08. The first-order valence-corrected chi connectivity index (χ1v) is 7.93. The molecule has 1 aromatic rings. The van der Waals surface area contributed by atoms with Gasteiger partial charge in [-0.15, -0.1) is 11.8 Å². The molecular formula is C15H22O4S. The van der Waals surface area contributed by atoms with Gasteiger partial charge in [-0.2, -0.15) is 0 Å². The van der Waals surface area contributed by atoms with Crippen molar-refractivity contribution in [1.82, 2.24) is 0 Å². The number of ether oxygens (including phenoxy) is 3. The number of thioether (sulfide) groups is 1. The molecule has 0 amide bonds. The molecule has 1 saturated heterocycles. The van der Waals surface area contributed by atoms with E-state index in [9.17, 15) is 5.11 Å². The highest BCUT2D eigenvalue weighted by Gasteiger charge is 2.38. The van der Waals surface area contributed by atoms with Crippen molar-refractivity contribution in [3.63, 3.8) is 0 Å². The Bertz CT molecular complexity index is 387. The van der Waals surface area contributed by atoms with E-state index in [0.717, 1.165) is 11.3 Å². The number of rotatable bonds is 6. The SMILES string of the molecule is CCS[C@@H]1O[C@@H](OC)[C@H](OCc2ccccc2)C[C@H]1O. The molecule has 112 valence electrons. The van der Waals surface area contributed by atoms with Crippen molar-refractivity contribution in [2.24, 2.45) is 0 Å². The Kier molecular flexibility index (Phi) is 6.32. The molecule has 4 nitrogen and oxygen atoms in total. The lowest BCUT2D eigenvalue weighted by atomic mass is 10.1. The van der Waals surface area contributed by atoms with E-state index in [4.69, 9.17) is 14.2 Å².